The number of anilines is 2. The first kappa shape index (κ1) is 24.3. The summed E-state index contributed by atoms with van der Waals surface area (Å²) >= 11 is 1.83. The number of benzene rings is 5. The molecule has 1 aliphatic carbocycles. The van der Waals surface area contributed by atoms with Gasteiger partial charge >= 0.3 is 0 Å². The first-order valence-electron chi connectivity index (χ1n) is 14.6. The Kier molecular flexibility index (Phi) is 5.12. The maximum atomic E-state index is 9.62. The Bertz CT molecular complexity index is 2410. The largest absolute Gasteiger partial charge is 0.337 e. The third-order valence-electron chi connectivity index (χ3n) is 9.31. The van der Waals surface area contributed by atoms with E-state index in [-0.39, 0.29) is 5.92 Å². The van der Waals surface area contributed by atoms with E-state index in [2.05, 4.69) is 119 Å². The van der Waals surface area contributed by atoms with Crippen LogP contribution in [0.3, 0.4) is 0 Å². The third-order valence-corrected chi connectivity index (χ3v) is 10.5. The van der Waals surface area contributed by atoms with Crippen molar-refractivity contribution in [2.75, 3.05) is 4.90 Å². The fourth-order valence-electron chi connectivity index (χ4n) is 7.43. The summed E-state index contributed by atoms with van der Waals surface area (Å²) in [5.74, 6) is 0.234. The zero-order valence-corrected chi connectivity index (χ0v) is 24.0. The molecule has 0 amide bonds. The third kappa shape index (κ3) is 3.47. The van der Waals surface area contributed by atoms with Crippen molar-refractivity contribution in [3.8, 4) is 17.8 Å². The molecule has 4 nitrogen and oxygen atoms in total. The van der Waals surface area contributed by atoms with E-state index in [0.717, 1.165) is 45.9 Å². The molecule has 1 aliphatic heterocycles. The van der Waals surface area contributed by atoms with Crippen molar-refractivity contribution in [1.82, 2.24) is 4.57 Å². The average Bonchev–Trinajstić information content (AvgIpc) is 3.71. The summed E-state index contributed by atoms with van der Waals surface area (Å²) in [7, 11) is 0. The Morgan fingerprint density at radius 3 is 2.26 bits per heavy atom. The monoisotopic (exact) mass is 568 g/mol. The first-order valence-corrected chi connectivity index (χ1v) is 15.4. The lowest BCUT2D eigenvalue weighted by molar-refractivity contribution is 0.557. The van der Waals surface area contributed by atoms with Gasteiger partial charge in [-0.05, 0) is 85.1 Å². The molecule has 3 heterocycles. The van der Waals surface area contributed by atoms with Gasteiger partial charge in [0, 0.05) is 65.5 Å². The van der Waals surface area contributed by atoms with Crippen molar-refractivity contribution in [3.05, 3.63) is 126 Å². The zero-order chi connectivity index (χ0) is 28.7. The van der Waals surface area contributed by atoms with Crippen LogP contribution < -0.4 is 4.90 Å². The lowest BCUT2D eigenvalue weighted by atomic mass is 9.84. The van der Waals surface area contributed by atoms with E-state index in [1.165, 1.54) is 37.1 Å². The van der Waals surface area contributed by atoms with E-state index in [4.69, 9.17) is 0 Å². The summed E-state index contributed by atoms with van der Waals surface area (Å²) in [6.07, 6.45) is 3.99. The summed E-state index contributed by atoms with van der Waals surface area (Å²) in [6, 6.07) is 41.8. The van der Waals surface area contributed by atoms with Crippen molar-refractivity contribution in [2.45, 2.75) is 24.8 Å². The molecule has 0 saturated carbocycles. The smallest absolute Gasteiger partial charge is 0.0991 e. The highest BCUT2D eigenvalue weighted by Crippen LogP contribution is 2.51. The summed E-state index contributed by atoms with van der Waals surface area (Å²) < 4.78 is 4.86. The number of fused-ring (bicyclic) bond motifs is 9. The van der Waals surface area contributed by atoms with Gasteiger partial charge < -0.3 is 9.47 Å². The summed E-state index contributed by atoms with van der Waals surface area (Å²) in [5.41, 5.74) is 8.67. The van der Waals surface area contributed by atoms with E-state index >= 15 is 0 Å². The molecule has 0 radical (unpaired) electrons. The molecule has 2 aliphatic rings. The maximum absolute atomic E-state index is 9.62. The van der Waals surface area contributed by atoms with Crippen LogP contribution in [0.1, 0.15) is 29.9 Å². The average molecular weight is 569 g/mol. The van der Waals surface area contributed by atoms with E-state index in [1.54, 1.807) is 0 Å². The summed E-state index contributed by atoms with van der Waals surface area (Å²) in [5, 5.41) is 23.9. The summed E-state index contributed by atoms with van der Waals surface area (Å²) in [4.78, 5) is 2.51. The molecule has 5 heteroatoms. The highest BCUT2D eigenvalue weighted by atomic mass is 32.1. The zero-order valence-electron chi connectivity index (χ0n) is 23.2. The van der Waals surface area contributed by atoms with Crippen LogP contribution in [0.25, 0.3) is 47.7 Å². The second-order valence-electron chi connectivity index (χ2n) is 11.5. The van der Waals surface area contributed by atoms with Gasteiger partial charge in [0.1, 0.15) is 0 Å². The quantitative estimate of drug-likeness (QED) is 0.209. The number of para-hydroxylation sites is 2. The second-order valence-corrected chi connectivity index (χ2v) is 12.6. The number of hydrogen-bond acceptors (Lipinski definition) is 4. The molecule has 0 saturated heterocycles. The Hall–Kier alpha value is -5.36. The highest BCUT2D eigenvalue weighted by molar-refractivity contribution is 7.25. The van der Waals surface area contributed by atoms with Gasteiger partial charge in [-0.1, -0.05) is 42.5 Å². The fourth-order valence-corrected chi connectivity index (χ4v) is 8.50. The van der Waals surface area contributed by atoms with Gasteiger partial charge in [0.2, 0.25) is 0 Å². The van der Waals surface area contributed by atoms with Gasteiger partial charge in [-0.3, -0.25) is 0 Å². The van der Waals surface area contributed by atoms with Crippen LogP contribution in [0, 0.1) is 22.7 Å². The number of hydrogen-bond donors (Lipinski definition) is 0. The molecule has 2 aromatic heterocycles. The van der Waals surface area contributed by atoms with Gasteiger partial charge in [-0.25, -0.2) is 0 Å². The molecule has 9 rings (SSSR count). The minimum absolute atomic E-state index is 0.234. The summed E-state index contributed by atoms with van der Waals surface area (Å²) in [6.45, 7) is 0. The first-order chi connectivity index (χ1) is 21.2. The maximum Gasteiger partial charge on any atom is 0.0991 e. The molecule has 2 atom stereocenters. The predicted molar refractivity (Wildman–Crippen MR) is 176 cm³/mol. The van der Waals surface area contributed by atoms with Crippen LogP contribution in [-0.2, 0) is 0 Å². The van der Waals surface area contributed by atoms with E-state index in [9.17, 15) is 10.5 Å². The fraction of sp³-hybridized carbons (Fsp3) is 0.105. The number of thiophene rings is 1. The van der Waals surface area contributed by atoms with Crippen LogP contribution in [0.4, 0.5) is 11.4 Å². The standard InChI is InChI=1S/C38H24N4S/c39-21-23-9-13-35-29(17-23)27-5-1-3-7-33(27)41(35)25-11-15-37-31(19-25)32-20-26(12-16-38(32)43-37)42-34-8-4-2-6-28(34)30-18-24(22-40)10-14-36(30)42/h1-9,11-13,15-20,30,36H,10,14H2. The van der Waals surface area contributed by atoms with Crippen LogP contribution in [-0.4, -0.2) is 10.6 Å². The molecule has 2 unspecified atom stereocenters. The highest BCUT2D eigenvalue weighted by Gasteiger charge is 2.40. The minimum Gasteiger partial charge on any atom is -0.337 e. The molecule has 5 aromatic carbocycles. The van der Waals surface area contributed by atoms with Crippen LogP contribution in [0.2, 0.25) is 0 Å². The second kappa shape index (κ2) is 9.07. The van der Waals surface area contributed by atoms with Gasteiger partial charge in [0.05, 0.1) is 28.7 Å². The lowest BCUT2D eigenvalue weighted by Crippen LogP contribution is -2.31. The van der Waals surface area contributed by atoms with Gasteiger partial charge in [0.15, 0.2) is 0 Å². The van der Waals surface area contributed by atoms with Crippen LogP contribution in [0.5, 0.6) is 0 Å². The number of allylic oxidation sites excluding steroid dienone is 1. The molecule has 0 spiro atoms. The van der Waals surface area contributed by atoms with Gasteiger partial charge in [-0.2, -0.15) is 10.5 Å². The molecule has 0 bridgehead atoms. The Morgan fingerprint density at radius 2 is 1.42 bits per heavy atom. The van der Waals surface area contributed by atoms with E-state index in [1.807, 2.05) is 23.5 Å². The number of aromatic nitrogens is 1. The molecule has 43 heavy (non-hydrogen) atoms. The Labute approximate surface area is 252 Å². The van der Waals surface area contributed by atoms with Gasteiger partial charge in [0.25, 0.3) is 0 Å². The van der Waals surface area contributed by atoms with Gasteiger partial charge in [-0.15, -0.1) is 11.3 Å². The predicted octanol–water partition coefficient (Wildman–Crippen LogP) is 9.87. The number of nitrogens with zero attached hydrogens (tertiary/aromatic N) is 4. The Morgan fingerprint density at radius 1 is 0.674 bits per heavy atom. The molecule has 7 aromatic rings. The normalized spacial score (nSPS) is 17.6. The molecule has 0 N–H and O–H groups in total. The number of rotatable bonds is 2. The van der Waals surface area contributed by atoms with Crippen LogP contribution >= 0.6 is 11.3 Å². The van der Waals surface area contributed by atoms with Crippen molar-refractivity contribution >= 4 is 64.7 Å². The van der Waals surface area contributed by atoms with Crippen molar-refractivity contribution in [3.63, 3.8) is 0 Å². The minimum atomic E-state index is 0.234. The van der Waals surface area contributed by atoms with Crippen molar-refractivity contribution in [2.24, 2.45) is 0 Å². The topological polar surface area (TPSA) is 55.8 Å². The van der Waals surface area contributed by atoms with E-state index < -0.39 is 0 Å². The van der Waals surface area contributed by atoms with Crippen LogP contribution in [0.15, 0.2) is 115 Å². The molecular formula is C38H24N4S. The Balaban J connectivity index is 1.23. The van der Waals surface area contributed by atoms with E-state index in [0.29, 0.717) is 11.6 Å². The SMILES string of the molecule is N#CC1=CC2c3ccccc3N(c3ccc4sc5ccc(-n6c7ccccc7c7cc(C#N)ccc76)cc5c4c3)C2CC1. The number of nitriles is 2. The van der Waals surface area contributed by atoms with Crippen molar-refractivity contribution < 1.29 is 0 Å². The molecule has 202 valence electrons. The van der Waals surface area contributed by atoms with Crippen molar-refractivity contribution in [1.29, 1.82) is 10.5 Å². The molecule has 0 fully saturated rings. The molecular weight excluding hydrogens is 545 g/mol. The lowest BCUT2D eigenvalue weighted by Gasteiger charge is -2.32.